The summed E-state index contributed by atoms with van der Waals surface area (Å²) in [7, 11) is 0.784. The molecule has 3 aromatic rings. The molecular weight excluding hydrogens is 633 g/mol. The Balaban J connectivity index is 2.05. The zero-order valence-electron chi connectivity index (χ0n) is 23.1. The first-order chi connectivity index (χ1) is 20.2. The second-order valence-electron chi connectivity index (χ2n) is 10.9. The molecule has 3 aromatic carbocycles. The number of hydrogen-bond acceptors (Lipinski definition) is 1. The predicted octanol–water partition coefficient (Wildman–Crippen LogP) is 9.67. The van der Waals surface area contributed by atoms with Gasteiger partial charge in [0.25, 0.3) is 0 Å². The summed E-state index contributed by atoms with van der Waals surface area (Å²) < 4.78 is 167. The maximum Gasteiger partial charge on any atom is 0.416 e. The second kappa shape index (κ2) is 12.2. The van der Waals surface area contributed by atoms with E-state index in [1.807, 2.05) is 0 Å². The van der Waals surface area contributed by atoms with Crippen LogP contribution in [0.1, 0.15) is 53.1 Å². The lowest BCUT2D eigenvalue weighted by molar-refractivity contribution is -0.144. The third-order valence-corrected chi connectivity index (χ3v) is 10.6. The maximum atomic E-state index is 13.9. The van der Waals surface area contributed by atoms with Gasteiger partial charge >= 0.3 is 24.7 Å². The van der Waals surface area contributed by atoms with E-state index >= 15 is 0 Å². The van der Waals surface area contributed by atoms with Gasteiger partial charge in [-0.3, -0.25) is 0 Å². The predicted molar refractivity (Wildman–Crippen MR) is 143 cm³/mol. The first kappa shape index (κ1) is 34.1. The molecule has 14 heteroatoms. The number of hydrogen-bond donors (Lipinski definition) is 0. The van der Waals surface area contributed by atoms with Gasteiger partial charge in [-0.25, -0.2) is 0 Å². The molecule has 1 saturated carbocycles. The minimum absolute atomic E-state index is 0.108. The minimum Gasteiger partial charge on any atom is -0.302 e. The van der Waals surface area contributed by atoms with Crippen molar-refractivity contribution in [2.75, 3.05) is 14.1 Å². The highest BCUT2D eigenvalue weighted by Crippen LogP contribution is 2.56. The van der Waals surface area contributed by atoms with Crippen molar-refractivity contribution >= 4 is 18.5 Å². The molecule has 0 heterocycles. The van der Waals surface area contributed by atoms with Crippen LogP contribution in [0.25, 0.3) is 0 Å². The van der Waals surface area contributed by atoms with Crippen molar-refractivity contribution in [3.05, 3.63) is 94.5 Å². The SMILES string of the molecule is CN(C)C(c1ccccc1)C1CCCC1P(c1cc(C(F)(F)F)cc(C(F)(F)F)c1)c1cc(C(F)(F)F)cc(C(F)(F)F)c1. The number of nitrogens with zero attached hydrogens (tertiary/aromatic N) is 1. The van der Waals surface area contributed by atoms with E-state index in [0.29, 0.717) is 37.1 Å². The summed E-state index contributed by atoms with van der Waals surface area (Å²) >= 11 is 0. The summed E-state index contributed by atoms with van der Waals surface area (Å²) in [5.74, 6) is -0.522. The third kappa shape index (κ3) is 7.53. The largest absolute Gasteiger partial charge is 0.416 e. The fourth-order valence-corrected chi connectivity index (χ4v) is 9.24. The van der Waals surface area contributed by atoms with Crippen LogP contribution in [0.15, 0.2) is 66.7 Å². The smallest absolute Gasteiger partial charge is 0.302 e. The summed E-state index contributed by atoms with van der Waals surface area (Å²) in [6, 6.07) is 9.73. The Bertz CT molecular complexity index is 1300. The molecule has 0 N–H and O–H groups in total. The Hall–Kier alpha value is -2.79. The molecule has 1 nitrogen and oxygen atoms in total. The average molecular weight is 659 g/mol. The molecule has 1 fully saturated rings. The summed E-state index contributed by atoms with van der Waals surface area (Å²) in [6.07, 6.45) is -20.1. The van der Waals surface area contributed by atoms with Crippen LogP contribution in [0.4, 0.5) is 52.7 Å². The summed E-state index contributed by atoms with van der Waals surface area (Å²) in [5, 5.41) is -1.20. The third-order valence-electron chi connectivity index (χ3n) is 7.67. The molecule has 0 saturated heterocycles. The second-order valence-corrected chi connectivity index (χ2v) is 13.3. The van der Waals surface area contributed by atoms with Gasteiger partial charge in [0, 0.05) is 6.04 Å². The molecule has 0 spiro atoms. The minimum atomic E-state index is -5.27. The highest BCUT2D eigenvalue weighted by Gasteiger charge is 2.45. The molecule has 0 radical (unpaired) electrons. The normalized spacial score (nSPS) is 19.2. The van der Waals surface area contributed by atoms with Gasteiger partial charge in [0.05, 0.1) is 22.3 Å². The Morgan fingerprint density at radius 3 is 1.32 bits per heavy atom. The first-order valence-electron chi connectivity index (χ1n) is 13.3. The number of alkyl halides is 12. The molecule has 1 aliphatic rings. The average Bonchev–Trinajstić information content (AvgIpc) is 3.35. The molecule has 240 valence electrons. The molecule has 44 heavy (non-hydrogen) atoms. The molecular formula is C30H26F12NP. The van der Waals surface area contributed by atoms with Crippen molar-refractivity contribution < 1.29 is 52.7 Å². The van der Waals surface area contributed by atoms with E-state index in [4.69, 9.17) is 0 Å². The van der Waals surface area contributed by atoms with Gasteiger partial charge in [0.15, 0.2) is 0 Å². The molecule has 0 aliphatic heterocycles. The number of halogens is 12. The van der Waals surface area contributed by atoms with E-state index in [1.165, 1.54) is 0 Å². The zero-order valence-corrected chi connectivity index (χ0v) is 24.0. The summed E-state index contributed by atoms with van der Waals surface area (Å²) in [6.45, 7) is 0. The Labute approximate surface area is 246 Å². The molecule has 3 atom stereocenters. The van der Waals surface area contributed by atoms with Crippen molar-refractivity contribution in [1.82, 2.24) is 4.90 Å². The Kier molecular flexibility index (Phi) is 9.45. The highest BCUT2D eigenvalue weighted by molar-refractivity contribution is 7.73. The van der Waals surface area contributed by atoms with Gasteiger partial charge in [-0.15, -0.1) is 0 Å². The maximum absolute atomic E-state index is 13.9. The van der Waals surface area contributed by atoms with Gasteiger partial charge in [-0.1, -0.05) is 36.8 Å². The van der Waals surface area contributed by atoms with Crippen LogP contribution < -0.4 is 10.6 Å². The molecule has 0 aromatic heterocycles. The van der Waals surface area contributed by atoms with Gasteiger partial charge in [0.2, 0.25) is 0 Å². The Morgan fingerprint density at radius 1 is 0.591 bits per heavy atom. The zero-order chi connectivity index (χ0) is 32.8. The Morgan fingerprint density at radius 2 is 0.977 bits per heavy atom. The van der Waals surface area contributed by atoms with E-state index in [9.17, 15) is 52.7 Å². The van der Waals surface area contributed by atoms with Crippen LogP contribution in [0.3, 0.4) is 0 Å². The number of rotatable bonds is 6. The van der Waals surface area contributed by atoms with Gasteiger partial charge in [-0.2, -0.15) is 52.7 Å². The van der Waals surface area contributed by atoms with Crippen molar-refractivity contribution in [2.45, 2.75) is 55.7 Å². The number of benzene rings is 3. The van der Waals surface area contributed by atoms with Crippen molar-refractivity contribution in [3.8, 4) is 0 Å². The van der Waals surface area contributed by atoms with Gasteiger partial charge in [0.1, 0.15) is 0 Å². The van der Waals surface area contributed by atoms with Gasteiger partial charge in [-0.05, 0) is 99.0 Å². The van der Waals surface area contributed by atoms with Crippen LogP contribution in [-0.4, -0.2) is 24.7 Å². The van der Waals surface area contributed by atoms with Crippen molar-refractivity contribution in [2.24, 2.45) is 5.92 Å². The molecule has 0 amide bonds. The van der Waals surface area contributed by atoms with Crippen LogP contribution >= 0.6 is 7.92 Å². The highest BCUT2D eigenvalue weighted by atomic mass is 31.1. The summed E-state index contributed by atoms with van der Waals surface area (Å²) in [5.41, 5.74) is -6.89. The lowest BCUT2D eigenvalue weighted by Crippen LogP contribution is -2.35. The quantitative estimate of drug-likeness (QED) is 0.188. The lowest BCUT2D eigenvalue weighted by Gasteiger charge is -2.38. The fourth-order valence-electron chi connectivity index (χ4n) is 5.92. The summed E-state index contributed by atoms with van der Waals surface area (Å²) in [4.78, 5) is 1.78. The van der Waals surface area contributed by atoms with E-state index < -0.39 is 83.1 Å². The molecule has 3 unspecified atom stereocenters. The topological polar surface area (TPSA) is 3.24 Å². The molecule has 4 rings (SSSR count). The lowest BCUT2D eigenvalue weighted by atomic mass is 9.90. The van der Waals surface area contributed by atoms with Crippen molar-refractivity contribution in [1.29, 1.82) is 0 Å². The van der Waals surface area contributed by atoms with E-state index in [0.717, 1.165) is 5.56 Å². The first-order valence-corrected chi connectivity index (χ1v) is 14.7. The molecule has 0 bridgehead atoms. The molecule has 1 aliphatic carbocycles. The van der Waals surface area contributed by atoms with Crippen LogP contribution in [0, 0.1) is 5.92 Å². The van der Waals surface area contributed by atoms with Crippen LogP contribution in [-0.2, 0) is 24.7 Å². The van der Waals surface area contributed by atoms with Crippen LogP contribution in [0.5, 0.6) is 0 Å². The van der Waals surface area contributed by atoms with Crippen molar-refractivity contribution in [3.63, 3.8) is 0 Å². The van der Waals surface area contributed by atoms with Gasteiger partial charge < -0.3 is 4.90 Å². The van der Waals surface area contributed by atoms with E-state index in [1.54, 1.807) is 49.3 Å². The standard InChI is InChI=1S/C30H26F12NP/c1-43(2)26(17-7-4-3-5-8-17)24-9-6-10-25(24)44(22-13-18(27(31,32)33)11-19(14-22)28(34,35)36)23-15-20(29(37,38)39)12-21(16-23)30(40,41)42/h3-5,7-8,11-16,24-26H,6,9-10H2,1-2H3. The fraction of sp³-hybridized carbons (Fsp3) is 0.400. The van der Waals surface area contributed by atoms with E-state index in [-0.39, 0.29) is 18.6 Å². The van der Waals surface area contributed by atoms with Crippen LogP contribution in [0.2, 0.25) is 0 Å². The monoisotopic (exact) mass is 659 g/mol. The van der Waals surface area contributed by atoms with E-state index in [2.05, 4.69) is 0 Å².